The molecule has 146 valence electrons. The summed E-state index contributed by atoms with van der Waals surface area (Å²) in [6, 6.07) is 9.06. The summed E-state index contributed by atoms with van der Waals surface area (Å²) in [5.74, 6) is 3.37. The molecule has 1 aromatic rings. The second-order valence-corrected chi connectivity index (χ2v) is 9.78. The first-order valence-electron chi connectivity index (χ1n) is 11.0. The monoisotopic (exact) mass is 376 g/mol. The van der Waals surface area contributed by atoms with E-state index in [-0.39, 0.29) is 6.04 Å². The van der Waals surface area contributed by atoms with Crippen molar-refractivity contribution >= 4 is 11.5 Å². The number of nitrogens with one attached hydrogen (secondary N) is 1. The van der Waals surface area contributed by atoms with Crippen LogP contribution in [-0.2, 0) is 4.74 Å². The van der Waals surface area contributed by atoms with E-state index in [9.17, 15) is 5.26 Å². The first-order chi connectivity index (χ1) is 13.7. The Balaban J connectivity index is 1.21. The highest BCUT2D eigenvalue weighted by Gasteiger charge is 2.51. The van der Waals surface area contributed by atoms with Gasteiger partial charge in [-0.05, 0) is 86.5 Å². The van der Waals surface area contributed by atoms with E-state index in [4.69, 9.17) is 10.1 Å². The first-order valence-corrected chi connectivity index (χ1v) is 11.0. The molecule has 6 bridgehead atoms. The molecule has 2 saturated heterocycles. The number of nitrogens with zero attached hydrogens (tertiary/aromatic N) is 3. The molecule has 6 aliphatic rings. The number of morpholine rings is 1. The third kappa shape index (κ3) is 2.50. The molecule has 0 amide bonds. The molecular formula is C23H28N4O. The van der Waals surface area contributed by atoms with Crippen LogP contribution in [0.1, 0.15) is 44.1 Å². The summed E-state index contributed by atoms with van der Waals surface area (Å²) in [7, 11) is 0. The maximum Gasteiger partial charge on any atom is 0.185 e. The fourth-order valence-electron chi connectivity index (χ4n) is 7.25. The summed E-state index contributed by atoms with van der Waals surface area (Å²) in [4.78, 5) is 4.19. The standard InChI is InChI=1S/C23H28N4O/c24-13-27(22-17-6-14-5-15(8-17)9-18(22)7-14)23(25)16-1-3-19(4-2-16)26-11-21-10-20(26)12-28-21/h1-4,14-15,17-18,20-22,25H,5-12H2. The molecule has 0 aromatic heterocycles. The maximum absolute atomic E-state index is 9.95. The van der Waals surface area contributed by atoms with Gasteiger partial charge in [-0.25, -0.2) is 0 Å². The molecule has 4 saturated carbocycles. The number of anilines is 1. The third-order valence-electron chi connectivity index (χ3n) is 8.20. The Kier molecular flexibility index (Phi) is 3.74. The van der Waals surface area contributed by atoms with Gasteiger partial charge in [0.15, 0.2) is 6.19 Å². The molecule has 2 atom stereocenters. The van der Waals surface area contributed by atoms with Crippen molar-refractivity contribution in [3.8, 4) is 6.19 Å². The summed E-state index contributed by atoms with van der Waals surface area (Å²) in [5.41, 5.74) is 2.07. The van der Waals surface area contributed by atoms with Crippen LogP contribution in [0.4, 0.5) is 5.69 Å². The lowest BCUT2D eigenvalue weighted by Crippen LogP contribution is -2.56. The van der Waals surface area contributed by atoms with Crippen LogP contribution in [-0.4, -0.2) is 42.1 Å². The number of benzene rings is 1. The summed E-state index contributed by atoms with van der Waals surface area (Å²) >= 11 is 0. The largest absolute Gasteiger partial charge is 0.374 e. The van der Waals surface area contributed by atoms with Crippen LogP contribution in [0.15, 0.2) is 24.3 Å². The summed E-state index contributed by atoms with van der Waals surface area (Å²) in [6.07, 6.45) is 10.4. The first kappa shape index (κ1) is 16.9. The topological polar surface area (TPSA) is 63.4 Å². The molecule has 5 heteroatoms. The average Bonchev–Trinajstić information content (AvgIpc) is 3.33. The molecule has 28 heavy (non-hydrogen) atoms. The molecule has 7 rings (SSSR count). The Morgan fingerprint density at radius 3 is 2.25 bits per heavy atom. The summed E-state index contributed by atoms with van der Waals surface area (Å²) in [5, 5.41) is 18.8. The average molecular weight is 377 g/mol. The predicted octanol–water partition coefficient (Wildman–Crippen LogP) is 3.60. The highest BCUT2D eigenvalue weighted by molar-refractivity contribution is 5.97. The van der Waals surface area contributed by atoms with E-state index in [1.54, 1.807) is 4.90 Å². The smallest absolute Gasteiger partial charge is 0.185 e. The van der Waals surface area contributed by atoms with Gasteiger partial charge in [0.25, 0.3) is 0 Å². The van der Waals surface area contributed by atoms with Crippen molar-refractivity contribution in [1.82, 2.24) is 4.90 Å². The Morgan fingerprint density at radius 1 is 1.04 bits per heavy atom. The van der Waals surface area contributed by atoms with Crippen molar-refractivity contribution in [3.63, 3.8) is 0 Å². The SMILES string of the molecule is N#CN(C(=N)c1ccc(N2CC3CC2CO3)cc1)C1C2CC3CC(C2)CC1C3. The van der Waals surface area contributed by atoms with Crippen molar-refractivity contribution in [2.75, 3.05) is 18.1 Å². The predicted molar refractivity (Wildman–Crippen MR) is 107 cm³/mol. The fourth-order valence-corrected chi connectivity index (χ4v) is 7.25. The number of nitriles is 1. The zero-order valence-electron chi connectivity index (χ0n) is 16.3. The van der Waals surface area contributed by atoms with E-state index in [0.717, 1.165) is 37.0 Å². The lowest BCUT2D eigenvalue weighted by Gasteiger charge is -2.56. The molecule has 1 aromatic carbocycles. The second kappa shape index (κ2) is 6.22. The van der Waals surface area contributed by atoms with Crippen LogP contribution in [0.2, 0.25) is 0 Å². The van der Waals surface area contributed by atoms with Crippen LogP contribution in [0.25, 0.3) is 0 Å². The number of fused-ring (bicyclic) bond motifs is 2. The zero-order chi connectivity index (χ0) is 18.8. The van der Waals surface area contributed by atoms with E-state index < -0.39 is 0 Å². The van der Waals surface area contributed by atoms with Crippen molar-refractivity contribution in [2.24, 2.45) is 23.7 Å². The van der Waals surface area contributed by atoms with Crippen molar-refractivity contribution in [2.45, 2.75) is 56.7 Å². The van der Waals surface area contributed by atoms with Gasteiger partial charge < -0.3 is 9.64 Å². The van der Waals surface area contributed by atoms with Gasteiger partial charge in [-0.1, -0.05) is 0 Å². The quantitative estimate of drug-likeness (QED) is 0.379. The fraction of sp³-hybridized carbons (Fsp3) is 0.652. The van der Waals surface area contributed by atoms with Gasteiger partial charge in [-0.3, -0.25) is 10.3 Å². The molecule has 1 N–H and O–H groups in total. The minimum atomic E-state index is 0.247. The molecule has 5 nitrogen and oxygen atoms in total. The molecule has 4 aliphatic carbocycles. The van der Waals surface area contributed by atoms with E-state index >= 15 is 0 Å². The lowest BCUT2D eigenvalue weighted by molar-refractivity contribution is -0.0324. The molecule has 2 unspecified atom stereocenters. The van der Waals surface area contributed by atoms with Gasteiger partial charge in [0.1, 0.15) is 5.84 Å². The lowest BCUT2D eigenvalue weighted by atomic mass is 9.54. The van der Waals surface area contributed by atoms with Gasteiger partial charge in [-0.2, -0.15) is 5.26 Å². The Labute approximate surface area is 166 Å². The van der Waals surface area contributed by atoms with Crippen molar-refractivity contribution < 1.29 is 4.74 Å². The van der Waals surface area contributed by atoms with Gasteiger partial charge >= 0.3 is 0 Å². The van der Waals surface area contributed by atoms with Crippen molar-refractivity contribution in [1.29, 1.82) is 10.7 Å². The minimum Gasteiger partial charge on any atom is -0.374 e. The molecular weight excluding hydrogens is 348 g/mol. The van der Waals surface area contributed by atoms with Crippen LogP contribution in [0.5, 0.6) is 0 Å². The van der Waals surface area contributed by atoms with Crippen LogP contribution in [0, 0.1) is 40.5 Å². The number of hydrogen-bond donors (Lipinski definition) is 1. The normalized spacial score (nSPS) is 40.0. The zero-order valence-corrected chi connectivity index (χ0v) is 16.3. The van der Waals surface area contributed by atoms with Crippen LogP contribution in [0.3, 0.4) is 0 Å². The summed E-state index contributed by atoms with van der Waals surface area (Å²) in [6.45, 7) is 1.80. The molecule has 6 fully saturated rings. The highest BCUT2D eigenvalue weighted by Crippen LogP contribution is 2.55. The Hall–Kier alpha value is -2.06. The van der Waals surface area contributed by atoms with Gasteiger partial charge in [0.2, 0.25) is 0 Å². The Morgan fingerprint density at radius 2 is 1.71 bits per heavy atom. The van der Waals surface area contributed by atoms with Gasteiger partial charge in [0.05, 0.1) is 24.8 Å². The Bertz CT molecular complexity index is 800. The number of ether oxygens (including phenoxy) is 1. The molecule has 0 spiro atoms. The number of hydrogen-bond acceptors (Lipinski definition) is 4. The van der Waals surface area contributed by atoms with E-state index in [1.807, 2.05) is 12.1 Å². The minimum absolute atomic E-state index is 0.247. The van der Waals surface area contributed by atoms with Crippen molar-refractivity contribution in [3.05, 3.63) is 29.8 Å². The van der Waals surface area contributed by atoms with Gasteiger partial charge in [-0.15, -0.1) is 0 Å². The highest BCUT2D eigenvalue weighted by atomic mass is 16.5. The second-order valence-electron chi connectivity index (χ2n) is 9.78. The summed E-state index contributed by atoms with van der Waals surface area (Å²) < 4.78 is 5.71. The van der Waals surface area contributed by atoms with Gasteiger partial charge in [0, 0.05) is 17.8 Å². The number of rotatable bonds is 3. The van der Waals surface area contributed by atoms with Crippen LogP contribution < -0.4 is 4.90 Å². The van der Waals surface area contributed by atoms with E-state index in [0.29, 0.717) is 29.8 Å². The molecule has 2 heterocycles. The van der Waals surface area contributed by atoms with Crippen LogP contribution >= 0.6 is 0 Å². The maximum atomic E-state index is 9.95. The molecule has 0 radical (unpaired) electrons. The van der Waals surface area contributed by atoms with E-state index in [1.165, 1.54) is 37.8 Å². The third-order valence-corrected chi connectivity index (χ3v) is 8.20. The van der Waals surface area contributed by atoms with E-state index in [2.05, 4.69) is 23.2 Å². The molecule has 2 aliphatic heterocycles. The number of amidine groups is 1.